The molecule has 0 aromatic heterocycles. The van der Waals surface area contributed by atoms with Crippen LogP contribution in [0.3, 0.4) is 0 Å². The molecule has 0 saturated carbocycles. The van der Waals surface area contributed by atoms with E-state index in [0.29, 0.717) is 12.5 Å². The van der Waals surface area contributed by atoms with Gasteiger partial charge in [-0.15, -0.1) is 12.4 Å². The van der Waals surface area contributed by atoms with Crippen LogP contribution < -0.4 is 5.73 Å². The van der Waals surface area contributed by atoms with Crippen LogP contribution in [-0.2, 0) is 17.8 Å². The highest BCUT2D eigenvalue weighted by Gasteiger charge is 2.28. The molecule has 0 radical (unpaired) electrons. The predicted molar refractivity (Wildman–Crippen MR) is 91.0 cm³/mol. The maximum atomic E-state index is 12.5. The summed E-state index contributed by atoms with van der Waals surface area (Å²) in [6.45, 7) is 6.19. The van der Waals surface area contributed by atoms with Crippen molar-refractivity contribution in [2.75, 3.05) is 26.2 Å². The molecule has 1 saturated heterocycles. The van der Waals surface area contributed by atoms with E-state index in [1.54, 1.807) is 0 Å². The van der Waals surface area contributed by atoms with E-state index in [2.05, 4.69) is 36.1 Å². The highest BCUT2D eigenvalue weighted by molar-refractivity contribution is 5.85. The van der Waals surface area contributed by atoms with E-state index in [1.807, 2.05) is 4.90 Å². The van der Waals surface area contributed by atoms with E-state index >= 15 is 0 Å². The van der Waals surface area contributed by atoms with E-state index in [-0.39, 0.29) is 24.4 Å². The van der Waals surface area contributed by atoms with Crippen molar-refractivity contribution < 1.29 is 4.79 Å². The summed E-state index contributed by atoms with van der Waals surface area (Å²) in [5.74, 6) is 0.801. The zero-order valence-electron chi connectivity index (χ0n) is 13.2. The van der Waals surface area contributed by atoms with Crippen molar-refractivity contribution in [2.24, 2.45) is 11.7 Å². The number of nitrogens with zero attached hydrogens (tertiary/aromatic N) is 2. The van der Waals surface area contributed by atoms with Crippen molar-refractivity contribution in [3.8, 4) is 0 Å². The Bertz CT molecular complexity index is 520. The van der Waals surface area contributed by atoms with Crippen molar-refractivity contribution in [1.82, 2.24) is 9.80 Å². The van der Waals surface area contributed by atoms with Crippen LogP contribution in [0.25, 0.3) is 0 Å². The third-order valence-electron chi connectivity index (χ3n) is 4.89. The number of carbonyl (C=O) groups is 1. The molecule has 0 aliphatic carbocycles. The molecule has 3 rings (SSSR count). The lowest BCUT2D eigenvalue weighted by atomic mass is 10.00. The fourth-order valence-corrected chi connectivity index (χ4v) is 3.44. The van der Waals surface area contributed by atoms with E-state index in [9.17, 15) is 4.79 Å². The lowest BCUT2D eigenvalue weighted by Crippen LogP contribution is -2.42. The zero-order valence-corrected chi connectivity index (χ0v) is 14.0. The Balaban J connectivity index is 0.00000176. The minimum Gasteiger partial charge on any atom is -0.337 e. The number of benzene rings is 1. The minimum absolute atomic E-state index is 0. The van der Waals surface area contributed by atoms with Crippen molar-refractivity contribution in [3.63, 3.8) is 0 Å². The summed E-state index contributed by atoms with van der Waals surface area (Å²) in [4.78, 5) is 16.8. The number of hydrogen-bond donors (Lipinski definition) is 1. The zero-order chi connectivity index (χ0) is 14.8. The molecule has 2 aliphatic heterocycles. The molecule has 1 aromatic carbocycles. The first-order valence-electron chi connectivity index (χ1n) is 7.96. The van der Waals surface area contributed by atoms with Crippen LogP contribution in [0.15, 0.2) is 24.3 Å². The molecule has 2 aliphatic rings. The summed E-state index contributed by atoms with van der Waals surface area (Å²) in [6.07, 6.45) is 2.10. The molecule has 2 unspecified atom stereocenters. The Morgan fingerprint density at radius 1 is 1.32 bits per heavy atom. The molecular formula is C17H26ClN3O. The third-order valence-corrected chi connectivity index (χ3v) is 4.89. The molecule has 1 aromatic rings. The number of fused-ring (bicyclic) bond motifs is 1. The highest BCUT2D eigenvalue weighted by atomic mass is 35.5. The van der Waals surface area contributed by atoms with Crippen molar-refractivity contribution in [2.45, 2.75) is 32.4 Å². The van der Waals surface area contributed by atoms with Crippen LogP contribution in [0.5, 0.6) is 0 Å². The summed E-state index contributed by atoms with van der Waals surface area (Å²) in [5, 5.41) is 0. The smallest absolute Gasteiger partial charge is 0.237 e. The van der Waals surface area contributed by atoms with E-state index in [4.69, 9.17) is 5.73 Å². The fourth-order valence-electron chi connectivity index (χ4n) is 3.44. The average Bonchev–Trinajstić information content (AvgIpc) is 2.95. The number of rotatable bonds is 3. The first-order valence-corrected chi connectivity index (χ1v) is 7.96. The molecule has 4 nitrogen and oxygen atoms in total. The third kappa shape index (κ3) is 3.80. The van der Waals surface area contributed by atoms with E-state index in [1.165, 1.54) is 11.1 Å². The molecule has 2 atom stereocenters. The second kappa shape index (κ2) is 7.44. The van der Waals surface area contributed by atoms with Gasteiger partial charge in [-0.25, -0.2) is 0 Å². The van der Waals surface area contributed by atoms with Gasteiger partial charge in [0, 0.05) is 25.7 Å². The van der Waals surface area contributed by atoms with Gasteiger partial charge in [0.15, 0.2) is 0 Å². The minimum atomic E-state index is 0. The average molecular weight is 324 g/mol. The van der Waals surface area contributed by atoms with Crippen molar-refractivity contribution >= 4 is 18.3 Å². The molecule has 5 heteroatoms. The van der Waals surface area contributed by atoms with Crippen LogP contribution in [0, 0.1) is 5.92 Å². The van der Waals surface area contributed by atoms with Gasteiger partial charge >= 0.3 is 0 Å². The molecule has 122 valence electrons. The summed E-state index contributed by atoms with van der Waals surface area (Å²) in [5.41, 5.74) is 8.65. The topological polar surface area (TPSA) is 49.6 Å². The summed E-state index contributed by atoms with van der Waals surface area (Å²) in [6, 6.07) is 8.67. The maximum absolute atomic E-state index is 12.5. The predicted octanol–water partition coefficient (Wildman–Crippen LogP) is 1.66. The van der Waals surface area contributed by atoms with Gasteiger partial charge in [-0.05, 0) is 43.4 Å². The Morgan fingerprint density at radius 3 is 2.73 bits per heavy atom. The van der Waals surface area contributed by atoms with Crippen LogP contribution in [-0.4, -0.2) is 47.9 Å². The molecule has 2 N–H and O–H groups in total. The number of likely N-dealkylation sites (tertiary alicyclic amines) is 1. The van der Waals surface area contributed by atoms with Gasteiger partial charge in [-0.1, -0.05) is 24.3 Å². The van der Waals surface area contributed by atoms with Gasteiger partial charge < -0.3 is 10.6 Å². The van der Waals surface area contributed by atoms with Crippen LogP contribution in [0.1, 0.15) is 24.5 Å². The molecule has 22 heavy (non-hydrogen) atoms. The Hall–Kier alpha value is -1.10. The summed E-state index contributed by atoms with van der Waals surface area (Å²) >= 11 is 0. The standard InChI is InChI=1S/C17H25N3O.ClH/c1-13(18)15-6-8-19(10-15)12-17(21)20-9-7-14-4-2-3-5-16(14)11-20;/h2-5,13,15H,6-12,18H2,1H3;1H. The molecule has 0 spiro atoms. The molecule has 1 fully saturated rings. The molecule has 0 bridgehead atoms. The molecule has 1 amide bonds. The van der Waals surface area contributed by atoms with Crippen LogP contribution in [0.4, 0.5) is 0 Å². The normalized spacial score (nSPS) is 22.8. The fraction of sp³-hybridized carbons (Fsp3) is 0.588. The maximum Gasteiger partial charge on any atom is 0.237 e. The second-order valence-corrected chi connectivity index (χ2v) is 6.48. The molecular weight excluding hydrogens is 298 g/mol. The quantitative estimate of drug-likeness (QED) is 0.920. The Morgan fingerprint density at radius 2 is 2.05 bits per heavy atom. The van der Waals surface area contributed by atoms with Gasteiger partial charge in [0.1, 0.15) is 0 Å². The Kier molecular flexibility index (Phi) is 5.84. The first kappa shape index (κ1) is 17.3. The molecule has 2 heterocycles. The van der Waals surface area contributed by atoms with Gasteiger partial charge in [-0.2, -0.15) is 0 Å². The van der Waals surface area contributed by atoms with Gasteiger partial charge in [0.2, 0.25) is 5.91 Å². The summed E-state index contributed by atoms with van der Waals surface area (Å²) in [7, 11) is 0. The van der Waals surface area contributed by atoms with Crippen molar-refractivity contribution in [1.29, 1.82) is 0 Å². The van der Waals surface area contributed by atoms with E-state index in [0.717, 1.165) is 39.0 Å². The lowest BCUT2D eigenvalue weighted by molar-refractivity contribution is -0.133. The van der Waals surface area contributed by atoms with Crippen LogP contribution >= 0.6 is 12.4 Å². The highest BCUT2D eigenvalue weighted by Crippen LogP contribution is 2.21. The van der Waals surface area contributed by atoms with Crippen LogP contribution in [0.2, 0.25) is 0 Å². The SMILES string of the molecule is CC(N)C1CCN(CC(=O)N2CCc3ccccc3C2)C1.Cl. The van der Waals surface area contributed by atoms with Crippen molar-refractivity contribution in [3.05, 3.63) is 35.4 Å². The number of hydrogen-bond acceptors (Lipinski definition) is 3. The monoisotopic (exact) mass is 323 g/mol. The number of carbonyl (C=O) groups excluding carboxylic acids is 1. The lowest BCUT2D eigenvalue weighted by Gasteiger charge is -2.30. The van der Waals surface area contributed by atoms with E-state index < -0.39 is 0 Å². The second-order valence-electron chi connectivity index (χ2n) is 6.48. The van der Waals surface area contributed by atoms with Gasteiger partial charge in [0.05, 0.1) is 6.54 Å². The first-order chi connectivity index (χ1) is 10.1. The van der Waals surface area contributed by atoms with Gasteiger partial charge in [-0.3, -0.25) is 9.69 Å². The largest absolute Gasteiger partial charge is 0.337 e. The number of amides is 1. The summed E-state index contributed by atoms with van der Waals surface area (Å²) < 4.78 is 0. The number of halogens is 1. The van der Waals surface area contributed by atoms with Gasteiger partial charge in [0.25, 0.3) is 0 Å². The Labute approximate surface area is 139 Å². The number of nitrogens with two attached hydrogens (primary N) is 1.